The number of fused-ring (bicyclic) bond motifs is 1. The van der Waals surface area contributed by atoms with Gasteiger partial charge in [-0.15, -0.1) is 0 Å². The minimum absolute atomic E-state index is 0.375. The van der Waals surface area contributed by atoms with Crippen molar-refractivity contribution in [3.05, 3.63) is 35.4 Å². The highest BCUT2D eigenvalue weighted by atomic mass is 16.1. The van der Waals surface area contributed by atoms with Crippen molar-refractivity contribution < 1.29 is 4.79 Å². The maximum Gasteiger partial charge on any atom is 0.166 e. The lowest BCUT2D eigenvalue weighted by Gasteiger charge is -2.05. The van der Waals surface area contributed by atoms with Crippen molar-refractivity contribution in [2.24, 2.45) is 17.8 Å². The van der Waals surface area contributed by atoms with Crippen LogP contribution >= 0.6 is 0 Å². The van der Waals surface area contributed by atoms with Crippen LogP contribution in [0.3, 0.4) is 0 Å². The van der Waals surface area contributed by atoms with E-state index in [1.807, 2.05) is 31.2 Å². The van der Waals surface area contributed by atoms with Crippen LogP contribution in [0.2, 0.25) is 0 Å². The van der Waals surface area contributed by atoms with Gasteiger partial charge in [0.25, 0.3) is 0 Å². The lowest BCUT2D eigenvalue weighted by molar-refractivity contribution is 0.0951. The molecule has 1 nitrogen and oxygen atoms in total. The predicted molar refractivity (Wildman–Crippen MR) is 59.8 cm³/mol. The van der Waals surface area contributed by atoms with Crippen molar-refractivity contribution in [3.63, 3.8) is 0 Å². The molecule has 0 spiro atoms. The molecule has 1 heteroatoms. The van der Waals surface area contributed by atoms with E-state index in [1.165, 1.54) is 19.3 Å². The molecule has 0 N–H and O–H groups in total. The highest BCUT2D eigenvalue weighted by Gasteiger charge is 2.56. The van der Waals surface area contributed by atoms with E-state index in [0.29, 0.717) is 11.7 Å². The zero-order valence-corrected chi connectivity index (χ0v) is 9.07. The first-order valence-electron chi connectivity index (χ1n) is 5.89. The molecule has 2 saturated carbocycles. The first-order chi connectivity index (χ1) is 7.29. The van der Waals surface area contributed by atoms with Crippen LogP contribution in [0.25, 0.3) is 0 Å². The third kappa shape index (κ3) is 1.33. The van der Waals surface area contributed by atoms with Gasteiger partial charge in [0.1, 0.15) is 0 Å². The van der Waals surface area contributed by atoms with Crippen molar-refractivity contribution in [2.75, 3.05) is 0 Å². The molecule has 0 radical (unpaired) electrons. The molecule has 78 valence electrons. The highest BCUT2D eigenvalue weighted by Crippen LogP contribution is 2.58. The number of hydrogen-bond donors (Lipinski definition) is 0. The molecule has 0 bridgehead atoms. The van der Waals surface area contributed by atoms with E-state index in [9.17, 15) is 4.79 Å². The Morgan fingerprint density at radius 3 is 2.53 bits per heavy atom. The summed E-state index contributed by atoms with van der Waals surface area (Å²) in [7, 11) is 0. The van der Waals surface area contributed by atoms with E-state index in [2.05, 4.69) is 0 Å². The molecule has 2 aliphatic rings. The van der Waals surface area contributed by atoms with Crippen molar-refractivity contribution in [2.45, 2.75) is 26.2 Å². The number of rotatable bonds is 2. The fourth-order valence-electron chi connectivity index (χ4n) is 3.24. The third-order valence-corrected chi connectivity index (χ3v) is 4.12. The molecule has 2 unspecified atom stereocenters. The van der Waals surface area contributed by atoms with Crippen LogP contribution in [0.15, 0.2) is 24.3 Å². The van der Waals surface area contributed by atoms with E-state index in [1.54, 1.807) is 0 Å². The van der Waals surface area contributed by atoms with Crippen LogP contribution in [-0.2, 0) is 0 Å². The van der Waals surface area contributed by atoms with Crippen LogP contribution in [0.5, 0.6) is 0 Å². The van der Waals surface area contributed by atoms with Crippen molar-refractivity contribution in [1.29, 1.82) is 0 Å². The Morgan fingerprint density at radius 2 is 1.87 bits per heavy atom. The molecule has 0 aromatic heterocycles. The molecular weight excluding hydrogens is 184 g/mol. The fraction of sp³-hybridized carbons (Fsp3) is 0.500. The largest absolute Gasteiger partial charge is 0.294 e. The quantitative estimate of drug-likeness (QED) is 0.670. The van der Waals surface area contributed by atoms with Crippen molar-refractivity contribution >= 4 is 5.78 Å². The number of ketones is 1. The molecule has 0 heterocycles. The van der Waals surface area contributed by atoms with Gasteiger partial charge in [0.2, 0.25) is 0 Å². The number of hydrogen-bond acceptors (Lipinski definition) is 1. The third-order valence-electron chi connectivity index (χ3n) is 4.12. The average molecular weight is 200 g/mol. The van der Waals surface area contributed by atoms with Gasteiger partial charge in [0.05, 0.1) is 0 Å². The summed E-state index contributed by atoms with van der Waals surface area (Å²) in [6.07, 6.45) is 3.91. The number of benzene rings is 1. The van der Waals surface area contributed by atoms with E-state index < -0.39 is 0 Å². The smallest absolute Gasteiger partial charge is 0.166 e. The van der Waals surface area contributed by atoms with Crippen molar-refractivity contribution in [3.8, 4) is 0 Å². The molecule has 0 aliphatic heterocycles. The van der Waals surface area contributed by atoms with Gasteiger partial charge in [-0.2, -0.15) is 0 Å². The second-order valence-corrected chi connectivity index (χ2v) is 4.96. The Morgan fingerprint density at radius 1 is 1.20 bits per heavy atom. The van der Waals surface area contributed by atoms with Gasteiger partial charge in [-0.25, -0.2) is 0 Å². The predicted octanol–water partition coefficient (Wildman–Crippen LogP) is 3.22. The molecule has 2 fully saturated rings. The average Bonchev–Trinajstić information content (AvgIpc) is 2.72. The van der Waals surface area contributed by atoms with E-state index >= 15 is 0 Å². The topological polar surface area (TPSA) is 17.1 Å². The Kier molecular flexibility index (Phi) is 1.95. The van der Waals surface area contributed by atoms with Crippen LogP contribution in [0.1, 0.15) is 35.2 Å². The summed E-state index contributed by atoms with van der Waals surface area (Å²) in [5.74, 6) is 2.25. The van der Waals surface area contributed by atoms with E-state index in [0.717, 1.165) is 23.0 Å². The summed E-state index contributed by atoms with van der Waals surface area (Å²) < 4.78 is 0. The van der Waals surface area contributed by atoms with Crippen molar-refractivity contribution in [1.82, 2.24) is 0 Å². The second kappa shape index (κ2) is 3.19. The van der Waals surface area contributed by atoms with Crippen LogP contribution in [0.4, 0.5) is 0 Å². The number of aryl methyl sites for hydroxylation is 1. The first kappa shape index (κ1) is 9.14. The molecule has 2 atom stereocenters. The fourth-order valence-corrected chi connectivity index (χ4v) is 3.24. The summed E-state index contributed by atoms with van der Waals surface area (Å²) in [5, 5.41) is 0. The molecule has 3 rings (SSSR count). The molecule has 1 aromatic carbocycles. The molecule has 0 saturated heterocycles. The Labute approximate surface area is 90.5 Å². The molecule has 0 amide bonds. The molecule has 15 heavy (non-hydrogen) atoms. The van der Waals surface area contributed by atoms with Crippen LogP contribution in [-0.4, -0.2) is 5.78 Å². The van der Waals surface area contributed by atoms with Gasteiger partial charge in [0.15, 0.2) is 5.78 Å². The zero-order chi connectivity index (χ0) is 10.4. The summed E-state index contributed by atoms with van der Waals surface area (Å²) >= 11 is 0. The number of Topliss-reactive ketones (excluding diaryl/α,β-unsaturated/α-hetero) is 1. The van der Waals surface area contributed by atoms with Crippen LogP contribution < -0.4 is 0 Å². The number of carbonyl (C=O) groups excluding carboxylic acids is 1. The molecular formula is C14H16O. The second-order valence-electron chi connectivity index (χ2n) is 4.96. The van der Waals surface area contributed by atoms with Gasteiger partial charge >= 0.3 is 0 Å². The van der Waals surface area contributed by atoms with Gasteiger partial charge in [0, 0.05) is 11.5 Å². The molecule has 2 aliphatic carbocycles. The van der Waals surface area contributed by atoms with E-state index in [-0.39, 0.29) is 0 Å². The lowest BCUT2D eigenvalue weighted by atomic mass is 9.98. The first-order valence-corrected chi connectivity index (χ1v) is 5.89. The Hall–Kier alpha value is -1.11. The lowest BCUT2D eigenvalue weighted by Crippen LogP contribution is -2.07. The van der Waals surface area contributed by atoms with E-state index in [4.69, 9.17) is 0 Å². The van der Waals surface area contributed by atoms with Gasteiger partial charge in [-0.3, -0.25) is 4.79 Å². The van der Waals surface area contributed by atoms with Gasteiger partial charge in [-0.1, -0.05) is 30.7 Å². The molecule has 1 aromatic rings. The minimum Gasteiger partial charge on any atom is -0.294 e. The minimum atomic E-state index is 0.375. The monoisotopic (exact) mass is 200 g/mol. The maximum atomic E-state index is 12.2. The zero-order valence-electron chi connectivity index (χ0n) is 9.07. The maximum absolute atomic E-state index is 12.2. The summed E-state index contributed by atoms with van der Waals surface area (Å²) in [6, 6.07) is 7.98. The summed E-state index contributed by atoms with van der Waals surface area (Å²) in [6.45, 7) is 2.03. The summed E-state index contributed by atoms with van der Waals surface area (Å²) in [5.41, 5.74) is 2.09. The SMILES string of the molecule is Cc1ccccc1C(=O)C1C2CCCC21. The highest BCUT2D eigenvalue weighted by molar-refractivity contribution is 6.01. The van der Waals surface area contributed by atoms with Gasteiger partial charge < -0.3 is 0 Å². The Bertz CT molecular complexity index is 398. The standard InChI is InChI=1S/C14H16O/c1-9-5-2-3-6-10(9)14(15)13-11-7-4-8-12(11)13/h2-3,5-6,11-13H,4,7-8H2,1H3. The normalized spacial score (nSPS) is 32.5. The van der Waals surface area contributed by atoms with Crippen LogP contribution in [0, 0.1) is 24.7 Å². The Balaban J connectivity index is 1.84. The van der Waals surface area contributed by atoms with Gasteiger partial charge in [-0.05, 0) is 37.2 Å². The summed E-state index contributed by atoms with van der Waals surface area (Å²) in [4.78, 5) is 12.2. The number of carbonyl (C=O) groups is 1.